The molecule has 2 aromatic rings. The second kappa shape index (κ2) is 9.73. The molecule has 1 fully saturated rings. The molecule has 0 aromatic heterocycles. The topological polar surface area (TPSA) is 0 Å². The van der Waals surface area contributed by atoms with Gasteiger partial charge in [-0.2, -0.15) is 17.7 Å². The quantitative estimate of drug-likeness (QED) is 0.285. The van der Waals surface area contributed by atoms with Crippen LogP contribution in [-0.2, 0) is 41.5 Å². The van der Waals surface area contributed by atoms with Gasteiger partial charge in [0.1, 0.15) is 0 Å². The Morgan fingerprint density at radius 1 is 0.818 bits per heavy atom. The van der Waals surface area contributed by atoms with E-state index in [4.69, 9.17) is 0 Å². The molecule has 1 heteroatoms. The van der Waals surface area contributed by atoms with E-state index in [0.29, 0.717) is 5.92 Å². The van der Waals surface area contributed by atoms with Crippen LogP contribution < -0.4 is 0 Å². The molecule has 0 N–H and O–H groups in total. The van der Waals surface area contributed by atoms with E-state index in [2.05, 4.69) is 96.2 Å². The molecule has 0 aliphatic heterocycles. The zero-order valence-electron chi connectivity index (χ0n) is 21.4. The first kappa shape index (κ1) is 24.8. The summed E-state index contributed by atoms with van der Waals surface area (Å²) in [6.45, 7) is 13.8. The molecular weight excluding hydrogens is 476 g/mol. The van der Waals surface area contributed by atoms with Gasteiger partial charge in [0.2, 0.25) is 0 Å². The van der Waals surface area contributed by atoms with E-state index in [0.717, 1.165) is 6.42 Å². The van der Waals surface area contributed by atoms with Gasteiger partial charge in [0.25, 0.3) is 0 Å². The second-order valence-electron chi connectivity index (χ2n) is 12.0. The van der Waals surface area contributed by atoms with Crippen molar-refractivity contribution in [3.8, 4) is 11.1 Å². The molecule has 0 atom stereocenters. The molecular formula is C32H39Zr-. The fraction of sp³-hybridized carbons (Fsp3) is 0.469. The zero-order chi connectivity index (χ0) is 23.8. The van der Waals surface area contributed by atoms with Gasteiger partial charge in [-0.05, 0) is 34.3 Å². The first-order valence-corrected chi connectivity index (χ1v) is 13.9. The van der Waals surface area contributed by atoms with E-state index in [1.54, 1.807) is 27.4 Å². The minimum atomic E-state index is 0.0972. The van der Waals surface area contributed by atoms with E-state index < -0.39 is 0 Å². The van der Waals surface area contributed by atoms with Crippen molar-refractivity contribution in [3.63, 3.8) is 0 Å². The molecule has 3 aliphatic rings. The maximum atomic E-state index is 3.85. The van der Waals surface area contributed by atoms with Gasteiger partial charge >= 0.3 is 59.5 Å². The normalized spacial score (nSPS) is 17.5. The maximum absolute atomic E-state index is 3.85. The van der Waals surface area contributed by atoms with E-state index in [9.17, 15) is 0 Å². The average molecular weight is 515 g/mol. The van der Waals surface area contributed by atoms with Crippen molar-refractivity contribution >= 4 is 3.21 Å². The van der Waals surface area contributed by atoms with Gasteiger partial charge < -0.3 is 0 Å². The Morgan fingerprint density at radius 2 is 1.48 bits per heavy atom. The summed E-state index contributed by atoms with van der Waals surface area (Å²) in [6.07, 6.45) is 17.2. The van der Waals surface area contributed by atoms with Gasteiger partial charge in [-0.25, -0.2) is 0 Å². The van der Waals surface area contributed by atoms with Gasteiger partial charge in [0, 0.05) is 0 Å². The molecule has 5 rings (SSSR count). The fourth-order valence-corrected chi connectivity index (χ4v) is 6.01. The van der Waals surface area contributed by atoms with Crippen LogP contribution >= 0.6 is 0 Å². The van der Waals surface area contributed by atoms with Gasteiger partial charge in [-0.1, -0.05) is 89.6 Å². The van der Waals surface area contributed by atoms with E-state index in [1.165, 1.54) is 71.0 Å². The van der Waals surface area contributed by atoms with Gasteiger partial charge in [0.05, 0.1) is 0 Å². The Hall–Kier alpha value is -1.33. The summed E-state index contributed by atoms with van der Waals surface area (Å²) in [5.74, 6) is 0.378. The molecule has 1 saturated carbocycles. The summed E-state index contributed by atoms with van der Waals surface area (Å²) in [4.78, 5) is 0. The first-order valence-electron chi connectivity index (χ1n) is 12.7. The monoisotopic (exact) mass is 513 g/mol. The van der Waals surface area contributed by atoms with Crippen molar-refractivity contribution < 1.29 is 24.2 Å². The van der Waals surface area contributed by atoms with Crippen LogP contribution in [0.15, 0.2) is 48.6 Å². The van der Waals surface area contributed by atoms with Crippen molar-refractivity contribution in [1.29, 1.82) is 0 Å². The van der Waals surface area contributed by atoms with Crippen LogP contribution in [-0.4, -0.2) is 3.21 Å². The average Bonchev–Trinajstić information content (AvgIpc) is 3.40. The van der Waals surface area contributed by atoms with Gasteiger partial charge in [-0.3, -0.25) is 0 Å². The third-order valence-electron chi connectivity index (χ3n) is 7.13. The Kier molecular flexibility index (Phi) is 7.31. The van der Waals surface area contributed by atoms with Crippen molar-refractivity contribution in [2.24, 2.45) is 0 Å². The Labute approximate surface area is 216 Å². The van der Waals surface area contributed by atoms with Crippen LogP contribution in [0.1, 0.15) is 107 Å². The van der Waals surface area contributed by atoms with E-state index in [-0.39, 0.29) is 10.8 Å². The van der Waals surface area contributed by atoms with Crippen LogP contribution in [0.25, 0.3) is 11.1 Å². The molecule has 0 bridgehead atoms. The predicted octanol–water partition coefficient (Wildman–Crippen LogP) is 8.53. The number of allylic oxidation sites excluding steroid dienone is 4. The summed E-state index contributed by atoms with van der Waals surface area (Å²) in [6, 6.07) is 13.3. The molecule has 33 heavy (non-hydrogen) atoms. The SMILES string of the molecule is CC(C)(C)c1ccc2c(c1)Cc1[c-]c(C(C)(C)C)c(C3C=CC=C3)cc1-2.[Zr]=[C]1CCCCC1. The van der Waals surface area contributed by atoms with Crippen LogP contribution in [0, 0.1) is 6.07 Å². The molecule has 0 nitrogen and oxygen atoms in total. The Bertz CT molecular complexity index is 1080. The molecule has 0 heterocycles. The van der Waals surface area contributed by atoms with Crippen molar-refractivity contribution in [1.82, 2.24) is 0 Å². The third kappa shape index (κ3) is 5.67. The molecule has 0 saturated heterocycles. The van der Waals surface area contributed by atoms with Gasteiger partial charge in [-0.15, -0.1) is 16.7 Å². The molecule has 0 unspecified atom stereocenters. The molecule has 3 aliphatic carbocycles. The predicted molar refractivity (Wildman–Crippen MR) is 140 cm³/mol. The minimum absolute atomic E-state index is 0.0972. The van der Waals surface area contributed by atoms with E-state index in [1.807, 2.05) is 0 Å². The van der Waals surface area contributed by atoms with Crippen molar-refractivity contribution in [3.05, 3.63) is 82.5 Å². The molecule has 0 amide bonds. The fourth-order valence-electron chi connectivity index (χ4n) is 5.15. The number of rotatable bonds is 1. The van der Waals surface area contributed by atoms with Gasteiger partial charge in [0.15, 0.2) is 0 Å². The van der Waals surface area contributed by atoms with E-state index >= 15 is 0 Å². The second-order valence-corrected chi connectivity index (χ2v) is 13.7. The first-order chi connectivity index (χ1) is 15.5. The molecule has 172 valence electrons. The summed E-state index contributed by atoms with van der Waals surface area (Å²) >= 11 is 1.69. The summed E-state index contributed by atoms with van der Waals surface area (Å²) in [5.41, 5.74) is 10.1. The molecule has 0 spiro atoms. The van der Waals surface area contributed by atoms with Crippen LogP contribution in [0.5, 0.6) is 0 Å². The summed E-state index contributed by atoms with van der Waals surface area (Å²) < 4.78 is 1.80. The van der Waals surface area contributed by atoms with Crippen molar-refractivity contribution in [2.75, 3.05) is 0 Å². The number of fused-ring (bicyclic) bond motifs is 3. The summed E-state index contributed by atoms with van der Waals surface area (Å²) in [7, 11) is 0. The summed E-state index contributed by atoms with van der Waals surface area (Å²) in [5, 5.41) is 0. The zero-order valence-corrected chi connectivity index (χ0v) is 23.9. The van der Waals surface area contributed by atoms with Crippen LogP contribution in [0.4, 0.5) is 0 Å². The number of hydrogen-bond acceptors (Lipinski definition) is 0. The molecule has 0 radical (unpaired) electrons. The number of benzene rings is 2. The molecule has 2 aromatic carbocycles. The van der Waals surface area contributed by atoms with Crippen LogP contribution in [0.2, 0.25) is 0 Å². The third-order valence-corrected chi connectivity index (χ3v) is 8.36. The number of hydrogen-bond donors (Lipinski definition) is 0. The Morgan fingerprint density at radius 3 is 2.03 bits per heavy atom. The Balaban J connectivity index is 0.000000318. The van der Waals surface area contributed by atoms with Crippen LogP contribution in [0.3, 0.4) is 0 Å². The van der Waals surface area contributed by atoms with Crippen molar-refractivity contribution in [2.45, 2.75) is 96.8 Å². The standard InChI is InChI=1S/C26H29.C6H10.Zr/c1-25(2,3)20-11-12-21-18(14-20)13-19-15-24(26(4,5)6)23(16-22(19)21)17-9-7-8-10-17;1-2-4-6-5-3-1;/h7-12,14,16-17H,13H2,1-6H3;1-5H2;/q-1;;.